The summed E-state index contributed by atoms with van der Waals surface area (Å²) in [5.74, 6) is 0.903. The SMILES string of the molecule is Cc1ccccc1-c1noc(-c2cccc(Cl)c2N)n1. The number of benzene rings is 2. The van der Waals surface area contributed by atoms with E-state index in [0.29, 0.717) is 28.0 Å². The minimum absolute atomic E-state index is 0.364. The fraction of sp³-hybridized carbons (Fsp3) is 0.0667. The summed E-state index contributed by atoms with van der Waals surface area (Å²) in [5, 5.41) is 4.48. The number of hydrogen-bond donors (Lipinski definition) is 1. The van der Waals surface area contributed by atoms with Crippen molar-refractivity contribution in [3.8, 4) is 22.8 Å². The second kappa shape index (κ2) is 4.98. The van der Waals surface area contributed by atoms with E-state index in [2.05, 4.69) is 10.1 Å². The largest absolute Gasteiger partial charge is 0.397 e. The molecule has 1 heterocycles. The van der Waals surface area contributed by atoms with Crippen molar-refractivity contribution in [2.75, 3.05) is 5.73 Å². The van der Waals surface area contributed by atoms with Crippen LogP contribution in [0.4, 0.5) is 5.69 Å². The third kappa shape index (κ3) is 2.14. The van der Waals surface area contributed by atoms with Gasteiger partial charge in [0.15, 0.2) is 0 Å². The Kier molecular flexibility index (Phi) is 3.16. The number of para-hydroxylation sites is 1. The van der Waals surface area contributed by atoms with Crippen molar-refractivity contribution >= 4 is 17.3 Å². The number of aromatic nitrogens is 2. The molecule has 0 bridgehead atoms. The van der Waals surface area contributed by atoms with Gasteiger partial charge in [0.2, 0.25) is 5.82 Å². The summed E-state index contributed by atoms with van der Waals surface area (Å²) in [6, 6.07) is 13.2. The van der Waals surface area contributed by atoms with Crippen LogP contribution < -0.4 is 5.73 Å². The average Bonchev–Trinajstić information content (AvgIpc) is 2.92. The Morgan fingerprint density at radius 3 is 2.60 bits per heavy atom. The van der Waals surface area contributed by atoms with Gasteiger partial charge >= 0.3 is 0 Å². The average molecular weight is 286 g/mol. The zero-order chi connectivity index (χ0) is 14.1. The van der Waals surface area contributed by atoms with Crippen molar-refractivity contribution in [2.24, 2.45) is 0 Å². The molecule has 1 aromatic heterocycles. The normalized spacial score (nSPS) is 10.7. The lowest BCUT2D eigenvalue weighted by molar-refractivity contribution is 0.432. The molecule has 0 atom stereocenters. The van der Waals surface area contributed by atoms with Crippen LogP contribution in [0.3, 0.4) is 0 Å². The Morgan fingerprint density at radius 1 is 1.05 bits per heavy atom. The van der Waals surface area contributed by atoms with Crippen LogP contribution in [0, 0.1) is 6.92 Å². The highest BCUT2D eigenvalue weighted by atomic mass is 35.5. The smallest absolute Gasteiger partial charge is 0.260 e. The van der Waals surface area contributed by atoms with Crippen molar-refractivity contribution in [1.82, 2.24) is 10.1 Å². The number of nitrogen functional groups attached to an aromatic ring is 1. The highest BCUT2D eigenvalue weighted by Crippen LogP contribution is 2.31. The summed E-state index contributed by atoms with van der Waals surface area (Å²) in [6.45, 7) is 2.00. The topological polar surface area (TPSA) is 64.9 Å². The molecule has 0 saturated carbocycles. The fourth-order valence-electron chi connectivity index (χ4n) is 1.99. The maximum Gasteiger partial charge on any atom is 0.260 e. The Bertz CT molecular complexity index is 767. The predicted octanol–water partition coefficient (Wildman–Crippen LogP) is 3.95. The first-order chi connectivity index (χ1) is 9.66. The van der Waals surface area contributed by atoms with E-state index in [-0.39, 0.29) is 0 Å². The Labute approximate surface area is 121 Å². The fourth-order valence-corrected chi connectivity index (χ4v) is 2.16. The molecule has 0 aliphatic heterocycles. The van der Waals surface area contributed by atoms with Gasteiger partial charge in [-0.3, -0.25) is 0 Å². The molecule has 5 heteroatoms. The molecule has 2 aromatic carbocycles. The van der Waals surface area contributed by atoms with E-state index in [1.165, 1.54) is 0 Å². The summed E-state index contributed by atoms with van der Waals surface area (Å²) in [7, 11) is 0. The summed E-state index contributed by atoms with van der Waals surface area (Å²) >= 11 is 6.00. The lowest BCUT2D eigenvalue weighted by atomic mass is 10.1. The van der Waals surface area contributed by atoms with Crippen LogP contribution >= 0.6 is 11.6 Å². The van der Waals surface area contributed by atoms with Gasteiger partial charge in [-0.2, -0.15) is 4.98 Å². The van der Waals surface area contributed by atoms with Crippen molar-refractivity contribution in [1.29, 1.82) is 0 Å². The predicted molar refractivity (Wildman–Crippen MR) is 79.3 cm³/mol. The van der Waals surface area contributed by atoms with E-state index in [4.69, 9.17) is 21.9 Å². The van der Waals surface area contributed by atoms with Crippen molar-refractivity contribution in [3.05, 3.63) is 53.1 Å². The molecule has 0 amide bonds. The molecule has 0 aliphatic carbocycles. The highest BCUT2D eigenvalue weighted by Gasteiger charge is 2.15. The number of anilines is 1. The molecule has 3 rings (SSSR count). The molecule has 3 aromatic rings. The van der Waals surface area contributed by atoms with Gasteiger partial charge in [-0.1, -0.05) is 47.1 Å². The highest BCUT2D eigenvalue weighted by molar-refractivity contribution is 6.33. The summed E-state index contributed by atoms with van der Waals surface area (Å²) in [5.41, 5.74) is 9.03. The number of rotatable bonds is 2. The zero-order valence-electron chi connectivity index (χ0n) is 10.8. The van der Waals surface area contributed by atoms with Crippen LogP contribution in [0.25, 0.3) is 22.8 Å². The quantitative estimate of drug-likeness (QED) is 0.724. The number of aryl methyl sites for hydroxylation is 1. The van der Waals surface area contributed by atoms with Gasteiger partial charge in [0, 0.05) is 5.56 Å². The first-order valence-electron chi connectivity index (χ1n) is 6.11. The van der Waals surface area contributed by atoms with E-state index >= 15 is 0 Å². The first-order valence-corrected chi connectivity index (χ1v) is 6.48. The molecule has 100 valence electrons. The number of hydrogen-bond acceptors (Lipinski definition) is 4. The maximum atomic E-state index is 6.00. The Hall–Kier alpha value is -2.33. The first kappa shape index (κ1) is 12.7. The van der Waals surface area contributed by atoms with Crippen LogP contribution in [-0.2, 0) is 0 Å². The second-order valence-corrected chi connectivity index (χ2v) is 4.85. The second-order valence-electron chi connectivity index (χ2n) is 4.44. The van der Waals surface area contributed by atoms with Crippen molar-refractivity contribution in [2.45, 2.75) is 6.92 Å². The van der Waals surface area contributed by atoms with Gasteiger partial charge in [0.05, 0.1) is 16.3 Å². The lowest BCUT2D eigenvalue weighted by Gasteiger charge is -2.01. The summed E-state index contributed by atoms with van der Waals surface area (Å²) < 4.78 is 5.30. The third-order valence-electron chi connectivity index (χ3n) is 3.10. The summed E-state index contributed by atoms with van der Waals surface area (Å²) in [4.78, 5) is 4.40. The van der Waals surface area contributed by atoms with Gasteiger partial charge in [0.25, 0.3) is 5.89 Å². The van der Waals surface area contributed by atoms with Crippen molar-refractivity contribution in [3.63, 3.8) is 0 Å². The Balaban J connectivity index is 2.07. The van der Waals surface area contributed by atoms with Crippen LogP contribution in [0.5, 0.6) is 0 Å². The monoisotopic (exact) mass is 285 g/mol. The minimum Gasteiger partial charge on any atom is -0.397 e. The molecule has 4 nitrogen and oxygen atoms in total. The van der Waals surface area contributed by atoms with E-state index in [0.717, 1.165) is 11.1 Å². The number of nitrogens with zero attached hydrogens (tertiary/aromatic N) is 2. The zero-order valence-corrected chi connectivity index (χ0v) is 11.6. The van der Waals surface area contributed by atoms with Gasteiger partial charge in [-0.15, -0.1) is 0 Å². The maximum absolute atomic E-state index is 6.00. The van der Waals surface area contributed by atoms with Gasteiger partial charge < -0.3 is 10.3 Å². The van der Waals surface area contributed by atoms with Crippen molar-refractivity contribution < 1.29 is 4.52 Å². The van der Waals surface area contributed by atoms with E-state index in [1.54, 1.807) is 18.2 Å². The minimum atomic E-state index is 0.364. The Morgan fingerprint density at radius 2 is 1.80 bits per heavy atom. The molecule has 0 saturated heterocycles. The molecule has 0 spiro atoms. The molecule has 20 heavy (non-hydrogen) atoms. The van der Waals surface area contributed by atoms with E-state index < -0.39 is 0 Å². The molecule has 0 fully saturated rings. The number of nitrogens with two attached hydrogens (primary N) is 1. The van der Waals surface area contributed by atoms with Gasteiger partial charge in [-0.05, 0) is 24.6 Å². The third-order valence-corrected chi connectivity index (χ3v) is 3.42. The standard InChI is InChI=1S/C15H12ClN3O/c1-9-5-2-3-6-10(9)14-18-15(20-19-14)11-7-4-8-12(16)13(11)17/h2-8H,17H2,1H3. The van der Waals surface area contributed by atoms with Crippen LogP contribution in [0.1, 0.15) is 5.56 Å². The molecule has 0 unspecified atom stereocenters. The van der Waals surface area contributed by atoms with Gasteiger partial charge in [-0.25, -0.2) is 0 Å². The van der Waals surface area contributed by atoms with E-state index in [9.17, 15) is 0 Å². The molecular weight excluding hydrogens is 274 g/mol. The molecule has 0 aliphatic rings. The van der Waals surface area contributed by atoms with Gasteiger partial charge in [0.1, 0.15) is 0 Å². The lowest BCUT2D eigenvalue weighted by Crippen LogP contribution is -1.91. The van der Waals surface area contributed by atoms with Crippen LogP contribution in [-0.4, -0.2) is 10.1 Å². The molecule has 2 N–H and O–H groups in total. The molecular formula is C15H12ClN3O. The van der Waals surface area contributed by atoms with Crippen LogP contribution in [0.15, 0.2) is 47.0 Å². The number of halogens is 1. The molecule has 0 radical (unpaired) electrons. The van der Waals surface area contributed by atoms with E-state index in [1.807, 2.05) is 31.2 Å². The van der Waals surface area contributed by atoms with Crippen LogP contribution in [0.2, 0.25) is 5.02 Å². The summed E-state index contributed by atoms with van der Waals surface area (Å²) in [6.07, 6.45) is 0.